The lowest BCUT2D eigenvalue weighted by atomic mass is 10.2. The van der Waals surface area contributed by atoms with Crippen LogP contribution in [0.1, 0.15) is 18.9 Å². The van der Waals surface area contributed by atoms with Gasteiger partial charge in [-0.3, -0.25) is 0 Å². The van der Waals surface area contributed by atoms with Crippen molar-refractivity contribution in [2.75, 3.05) is 13.6 Å². The van der Waals surface area contributed by atoms with E-state index in [1.165, 1.54) is 12.1 Å². The van der Waals surface area contributed by atoms with Crippen LogP contribution in [-0.4, -0.2) is 29.7 Å². The Labute approximate surface area is 108 Å². The Hall–Kier alpha value is -0.520. The van der Waals surface area contributed by atoms with Gasteiger partial charge in [0.1, 0.15) is 11.6 Å². The van der Waals surface area contributed by atoms with Gasteiger partial charge in [-0.2, -0.15) is 0 Å². The van der Waals surface area contributed by atoms with Crippen molar-refractivity contribution in [3.63, 3.8) is 0 Å². The molecule has 1 unspecified atom stereocenters. The predicted molar refractivity (Wildman–Crippen MR) is 66.7 cm³/mol. The molecule has 0 saturated heterocycles. The highest BCUT2D eigenvalue weighted by atomic mass is 79.9. The Morgan fingerprint density at radius 3 is 2.65 bits per heavy atom. The molecular formula is C12H16BrF2NO. The molecule has 1 aromatic rings. The Morgan fingerprint density at radius 2 is 2.06 bits per heavy atom. The van der Waals surface area contributed by atoms with E-state index in [2.05, 4.69) is 15.9 Å². The predicted octanol–water partition coefficient (Wildman–Crippen LogP) is 2.93. The second-order valence-corrected chi connectivity index (χ2v) is 5.05. The van der Waals surface area contributed by atoms with E-state index in [0.29, 0.717) is 13.0 Å². The third-order valence-electron chi connectivity index (χ3n) is 2.50. The van der Waals surface area contributed by atoms with E-state index >= 15 is 0 Å². The summed E-state index contributed by atoms with van der Waals surface area (Å²) in [4.78, 5) is 1.78. The number of aliphatic hydroxyl groups is 1. The summed E-state index contributed by atoms with van der Waals surface area (Å²) in [6, 6.07) is 2.59. The monoisotopic (exact) mass is 307 g/mol. The van der Waals surface area contributed by atoms with Crippen LogP contribution in [0.3, 0.4) is 0 Å². The number of halogens is 3. The van der Waals surface area contributed by atoms with E-state index in [-0.39, 0.29) is 16.6 Å². The van der Waals surface area contributed by atoms with Gasteiger partial charge in [0.05, 0.1) is 10.6 Å². The van der Waals surface area contributed by atoms with Gasteiger partial charge in [0.2, 0.25) is 0 Å². The van der Waals surface area contributed by atoms with Crippen LogP contribution in [0.5, 0.6) is 0 Å². The van der Waals surface area contributed by atoms with E-state index in [0.717, 1.165) is 0 Å². The van der Waals surface area contributed by atoms with Crippen LogP contribution >= 0.6 is 15.9 Å². The molecule has 0 bridgehead atoms. The van der Waals surface area contributed by atoms with Crippen LogP contribution in [-0.2, 0) is 6.54 Å². The molecule has 0 aliphatic rings. The lowest BCUT2D eigenvalue weighted by Gasteiger charge is -2.18. The zero-order chi connectivity index (χ0) is 13.0. The number of benzene rings is 1. The maximum absolute atomic E-state index is 13.7. The molecule has 0 aromatic heterocycles. The van der Waals surface area contributed by atoms with Crippen molar-refractivity contribution in [2.45, 2.75) is 26.0 Å². The van der Waals surface area contributed by atoms with Crippen LogP contribution in [0.25, 0.3) is 0 Å². The third-order valence-corrected chi connectivity index (χ3v) is 3.11. The minimum atomic E-state index is -0.561. The van der Waals surface area contributed by atoms with Crippen molar-refractivity contribution >= 4 is 15.9 Å². The van der Waals surface area contributed by atoms with E-state index < -0.39 is 17.7 Å². The van der Waals surface area contributed by atoms with Crippen LogP contribution in [0.4, 0.5) is 8.78 Å². The topological polar surface area (TPSA) is 23.5 Å². The van der Waals surface area contributed by atoms with Gasteiger partial charge in [-0.1, -0.05) is 0 Å². The summed E-state index contributed by atoms with van der Waals surface area (Å²) in [6.07, 6.45) is 0.169. The molecule has 5 heteroatoms. The summed E-state index contributed by atoms with van der Waals surface area (Å²) in [7, 11) is 1.77. The summed E-state index contributed by atoms with van der Waals surface area (Å²) in [6.45, 7) is 2.46. The second kappa shape index (κ2) is 6.42. The molecule has 0 saturated carbocycles. The van der Waals surface area contributed by atoms with E-state index in [9.17, 15) is 8.78 Å². The fourth-order valence-electron chi connectivity index (χ4n) is 1.47. The van der Waals surface area contributed by atoms with Gasteiger partial charge in [0.15, 0.2) is 0 Å². The smallest absolute Gasteiger partial charge is 0.144 e. The number of aliphatic hydroxyl groups excluding tert-OH is 1. The number of hydrogen-bond acceptors (Lipinski definition) is 2. The minimum absolute atomic E-state index is 0.0486. The molecule has 0 radical (unpaired) electrons. The van der Waals surface area contributed by atoms with Crippen molar-refractivity contribution < 1.29 is 13.9 Å². The first kappa shape index (κ1) is 14.5. The first-order valence-electron chi connectivity index (χ1n) is 5.40. The number of rotatable bonds is 5. The average molecular weight is 308 g/mol. The minimum Gasteiger partial charge on any atom is -0.393 e. The molecule has 0 spiro atoms. The second-order valence-electron chi connectivity index (χ2n) is 4.20. The highest BCUT2D eigenvalue weighted by molar-refractivity contribution is 9.10. The molecular weight excluding hydrogens is 292 g/mol. The highest BCUT2D eigenvalue weighted by Gasteiger charge is 2.14. The standard InChI is InChI=1S/C12H16BrF2NO/c1-8(17)5-6-16(2)7-9-11(14)4-3-10(13)12(9)15/h3-4,8,17H,5-7H2,1-2H3. The summed E-state index contributed by atoms with van der Waals surface area (Å²) < 4.78 is 27.4. The van der Waals surface area contributed by atoms with Crippen molar-refractivity contribution in [3.05, 3.63) is 33.8 Å². The number of hydrogen-bond donors (Lipinski definition) is 1. The van der Waals surface area contributed by atoms with Gasteiger partial charge >= 0.3 is 0 Å². The molecule has 1 N–H and O–H groups in total. The van der Waals surface area contributed by atoms with Gasteiger partial charge in [0, 0.05) is 18.7 Å². The van der Waals surface area contributed by atoms with Crippen LogP contribution in [0, 0.1) is 11.6 Å². The van der Waals surface area contributed by atoms with Crippen molar-refractivity contribution in [2.24, 2.45) is 0 Å². The first-order chi connectivity index (χ1) is 7.91. The Bertz CT molecular complexity index is 385. The van der Waals surface area contributed by atoms with Crippen molar-refractivity contribution in [1.29, 1.82) is 0 Å². The molecule has 0 amide bonds. The SMILES string of the molecule is CC(O)CCN(C)Cc1c(F)ccc(Br)c1F. The van der Waals surface area contributed by atoms with Gasteiger partial charge in [-0.25, -0.2) is 8.78 Å². The fraction of sp³-hybridized carbons (Fsp3) is 0.500. The quantitative estimate of drug-likeness (QED) is 0.846. The molecule has 0 aliphatic carbocycles. The first-order valence-corrected chi connectivity index (χ1v) is 6.20. The molecule has 0 aliphatic heterocycles. The molecule has 96 valence electrons. The van der Waals surface area contributed by atoms with Gasteiger partial charge in [-0.15, -0.1) is 0 Å². The van der Waals surface area contributed by atoms with E-state index in [1.807, 2.05) is 0 Å². The molecule has 0 heterocycles. The molecule has 17 heavy (non-hydrogen) atoms. The zero-order valence-corrected chi connectivity index (χ0v) is 11.5. The molecule has 1 atom stereocenters. The maximum Gasteiger partial charge on any atom is 0.144 e. The Balaban J connectivity index is 2.71. The van der Waals surface area contributed by atoms with Gasteiger partial charge in [-0.05, 0) is 48.5 Å². The van der Waals surface area contributed by atoms with Crippen molar-refractivity contribution in [1.82, 2.24) is 4.90 Å². The van der Waals surface area contributed by atoms with Crippen LogP contribution in [0.15, 0.2) is 16.6 Å². The van der Waals surface area contributed by atoms with E-state index in [4.69, 9.17) is 5.11 Å². The Morgan fingerprint density at radius 1 is 1.41 bits per heavy atom. The third kappa shape index (κ3) is 4.33. The molecule has 2 nitrogen and oxygen atoms in total. The summed E-state index contributed by atoms with van der Waals surface area (Å²) in [5.74, 6) is -1.11. The van der Waals surface area contributed by atoms with Crippen molar-refractivity contribution in [3.8, 4) is 0 Å². The normalized spacial score (nSPS) is 13.1. The molecule has 1 aromatic carbocycles. The summed E-state index contributed by atoms with van der Waals surface area (Å²) in [5, 5.41) is 9.14. The molecule has 1 rings (SSSR count). The number of nitrogens with zero attached hydrogens (tertiary/aromatic N) is 1. The average Bonchev–Trinajstić information content (AvgIpc) is 2.27. The summed E-state index contributed by atoms with van der Waals surface area (Å²) in [5.41, 5.74) is 0.0486. The summed E-state index contributed by atoms with van der Waals surface area (Å²) >= 11 is 3.03. The van der Waals surface area contributed by atoms with Crippen LogP contribution in [0.2, 0.25) is 0 Å². The maximum atomic E-state index is 13.7. The Kier molecular flexibility index (Phi) is 5.49. The largest absolute Gasteiger partial charge is 0.393 e. The van der Waals surface area contributed by atoms with Crippen LogP contribution < -0.4 is 0 Å². The highest BCUT2D eigenvalue weighted by Crippen LogP contribution is 2.22. The fourth-order valence-corrected chi connectivity index (χ4v) is 1.84. The lowest BCUT2D eigenvalue weighted by Crippen LogP contribution is -2.23. The molecule has 0 fully saturated rings. The van der Waals surface area contributed by atoms with Gasteiger partial charge in [0.25, 0.3) is 0 Å². The lowest BCUT2D eigenvalue weighted by molar-refractivity contribution is 0.162. The van der Waals surface area contributed by atoms with E-state index in [1.54, 1.807) is 18.9 Å². The van der Waals surface area contributed by atoms with Gasteiger partial charge < -0.3 is 10.0 Å². The zero-order valence-electron chi connectivity index (χ0n) is 9.88.